The summed E-state index contributed by atoms with van der Waals surface area (Å²) < 4.78 is 2.03. The van der Waals surface area contributed by atoms with Crippen molar-refractivity contribution in [2.24, 2.45) is 4.99 Å². The molecular formula is C15H16N2S. The van der Waals surface area contributed by atoms with Crippen LogP contribution in [0.25, 0.3) is 0 Å². The lowest BCUT2D eigenvalue weighted by molar-refractivity contribution is 0.948. The lowest BCUT2D eigenvalue weighted by atomic mass is 10.2. The zero-order valence-corrected chi connectivity index (χ0v) is 11.4. The van der Waals surface area contributed by atoms with E-state index in [1.54, 1.807) is 18.1 Å². The van der Waals surface area contributed by atoms with Gasteiger partial charge in [-0.25, -0.2) is 4.99 Å². The molecule has 0 amide bonds. The van der Waals surface area contributed by atoms with Crippen LogP contribution in [0.1, 0.15) is 12.5 Å². The fraction of sp³-hybridized carbons (Fsp3) is 0.133. The van der Waals surface area contributed by atoms with Crippen LogP contribution in [-0.2, 0) is 0 Å². The van der Waals surface area contributed by atoms with Crippen LogP contribution in [0.2, 0.25) is 0 Å². The van der Waals surface area contributed by atoms with Gasteiger partial charge >= 0.3 is 0 Å². The van der Waals surface area contributed by atoms with Gasteiger partial charge in [-0.1, -0.05) is 30.4 Å². The van der Waals surface area contributed by atoms with Gasteiger partial charge in [0.2, 0.25) is 0 Å². The van der Waals surface area contributed by atoms with E-state index in [2.05, 4.69) is 42.8 Å². The minimum Gasteiger partial charge on any atom is -0.271 e. The predicted molar refractivity (Wildman–Crippen MR) is 79.4 cm³/mol. The average molecular weight is 256 g/mol. The topological polar surface area (TPSA) is 15.6 Å². The molecule has 0 radical (unpaired) electrons. The van der Waals surface area contributed by atoms with Crippen LogP contribution in [0.5, 0.6) is 0 Å². The fourth-order valence-electron chi connectivity index (χ4n) is 1.52. The summed E-state index contributed by atoms with van der Waals surface area (Å²) >= 11 is 1.64. The first-order valence-electron chi connectivity index (χ1n) is 5.81. The number of allylic oxidation sites excluding steroid dienone is 1. The Kier molecular flexibility index (Phi) is 4.05. The van der Waals surface area contributed by atoms with Crippen LogP contribution in [0.15, 0.2) is 70.9 Å². The molecule has 0 atom stereocenters. The molecule has 0 saturated carbocycles. The van der Waals surface area contributed by atoms with Crippen molar-refractivity contribution in [1.82, 2.24) is 4.31 Å². The van der Waals surface area contributed by atoms with E-state index >= 15 is 0 Å². The third-order valence-electron chi connectivity index (χ3n) is 2.48. The second-order valence-electron chi connectivity index (χ2n) is 4.01. The summed E-state index contributed by atoms with van der Waals surface area (Å²) in [6, 6.07) is 8.45. The normalized spacial score (nSPS) is 17.3. The Labute approximate surface area is 113 Å². The molecule has 0 spiro atoms. The van der Waals surface area contributed by atoms with Crippen molar-refractivity contribution in [3.8, 4) is 0 Å². The van der Waals surface area contributed by atoms with E-state index in [1.165, 1.54) is 10.5 Å². The maximum Gasteiger partial charge on any atom is 0.149 e. The summed E-state index contributed by atoms with van der Waals surface area (Å²) in [4.78, 5) is 5.59. The van der Waals surface area contributed by atoms with Gasteiger partial charge in [-0.3, -0.25) is 4.31 Å². The summed E-state index contributed by atoms with van der Waals surface area (Å²) in [5, 5.41) is 0. The maximum absolute atomic E-state index is 4.40. The van der Waals surface area contributed by atoms with Crippen LogP contribution in [0.3, 0.4) is 0 Å². The van der Waals surface area contributed by atoms with Crippen molar-refractivity contribution in [3.05, 3.63) is 66.5 Å². The van der Waals surface area contributed by atoms with Crippen LogP contribution >= 0.6 is 11.9 Å². The molecule has 1 aromatic carbocycles. The number of rotatable bonds is 3. The minimum absolute atomic E-state index is 0.888. The Hall–Kier alpha value is -1.74. The number of aryl methyl sites for hydroxylation is 1. The highest BCUT2D eigenvalue weighted by Gasteiger charge is 2.17. The third kappa shape index (κ3) is 2.93. The molecule has 1 aliphatic rings. The van der Waals surface area contributed by atoms with Gasteiger partial charge in [-0.15, -0.1) is 0 Å². The number of aliphatic imine (C=N–C) groups is 1. The number of benzene rings is 1. The van der Waals surface area contributed by atoms with E-state index in [0.717, 1.165) is 11.4 Å². The van der Waals surface area contributed by atoms with Gasteiger partial charge in [-0.2, -0.15) is 0 Å². The number of amidine groups is 1. The zero-order valence-electron chi connectivity index (χ0n) is 10.6. The molecule has 2 nitrogen and oxygen atoms in total. The summed E-state index contributed by atoms with van der Waals surface area (Å²) in [6.07, 6.45) is 7.67. The molecule has 1 heterocycles. The largest absolute Gasteiger partial charge is 0.271 e. The molecule has 2 rings (SSSR count). The van der Waals surface area contributed by atoms with Gasteiger partial charge in [0.1, 0.15) is 5.84 Å². The summed E-state index contributed by atoms with van der Waals surface area (Å²) in [6.45, 7) is 8.03. The SMILES string of the molecule is C=C1C=CN(Sc2ccc(C)cc2)C1=N/C=C\C. The van der Waals surface area contributed by atoms with Gasteiger partial charge in [0.25, 0.3) is 0 Å². The second kappa shape index (κ2) is 5.74. The first kappa shape index (κ1) is 12.7. The van der Waals surface area contributed by atoms with Gasteiger partial charge in [0.05, 0.1) is 0 Å². The zero-order chi connectivity index (χ0) is 13.0. The van der Waals surface area contributed by atoms with Gasteiger partial charge < -0.3 is 0 Å². The third-order valence-corrected chi connectivity index (χ3v) is 3.45. The maximum atomic E-state index is 4.40. The Balaban J connectivity index is 2.15. The quantitative estimate of drug-likeness (QED) is 0.748. The van der Waals surface area contributed by atoms with Crippen molar-refractivity contribution >= 4 is 17.8 Å². The van der Waals surface area contributed by atoms with E-state index < -0.39 is 0 Å². The molecule has 0 fully saturated rings. The van der Waals surface area contributed by atoms with Crippen LogP contribution in [0.4, 0.5) is 0 Å². The van der Waals surface area contributed by atoms with Gasteiger partial charge in [0, 0.05) is 22.9 Å². The van der Waals surface area contributed by atoms with Crippen LogP contribution < -0.4 is 0 Å². The van der Waals surface area contributed by atoms with Crippen molar-refractivity contribution < 1.29 is 0 Å². The number of hydrogen-bond donors (Lipinski definition) is 0. The summed E-state index contributed by atoms with van der Waals surface area (Å²) in [7, 11) is 0. The lowest BCUT2D eigenvalue weighted by Crippen LogP contribution is -2.14. The first-order valence-corrected chi connectivity index (χ1v) is 6.58. The molecule has 0 bridgehead atoms. The molecule has 18 heavy (non-hydrogen) atoms. The number of hydrogen-bond acceptors (Lipinski definition) is 2. The Bertz CT molecular complexity index is 524. The molecule has 92 valence electrons. The van der Waals surface area contributed by atoms with Crippen LogP contribution in [0, 0.1) is 6.92 Å². The van der Waals surface area contributed by atoms with Gasteiger partial charge in [-0.05, 0) is 44.0 Å². The fourth-order valence-corrected chi connectivity index (χ4v) is 2.37. The standard InChI is InChI=1S/C15H16N2S/c1-4-10-16-15-13(3)9-11-17(15)18-14-7-5-12(2)6-8-14/h4-11H,3H2,1-2H3/b10-4-,16-15?. The Morgan fingerprint density at radius 3 is 2.67 bits per heavy atom. The highest BCUT2D eigenvalue weighted by atomic mass is 32.2. The molecule has 0 aliphatic carbocycles. The molecule has 1 aromatic rings. The summed E-state index contributed by atoms with van der Waals surface area (Å²) in [5.74, 6) is 0.888. The van der Waals surface area contributed by atoms with Crippen molar-refractivity contribution in [1.29, 1.82) is 0 Å². The van der Waals surface area contributed by atoms with E-state index in [0.29, 0.717) is 0 Å². The van der Waals surface area contributed by atoms with Crippen LogP contribution in [-0.4, -0.2) is 10.1 Å². The smallest absolute Gasteiger partial charge is 0.149 e. The predicted octanol–water partition coefficient (Wildman–Crippen LogP) is 4.32. The average Bonchev–Trinajstić information content (AvgIpc) is 2.71. The Morgan fingerprint density at radius 1 is 1.28 bits per heavy atom. The second-order valence-corrected chi connectivity index (χ2v) is 5.05. The highest BCUT2D eigenvalue weighted by molar-refractivity contribution is 7.97. The van der Waals surface area contributed by atoms with Crippen molar-refractivity contribution in [3.63, 3.8) is 0 Å². The van der Waals surface area contributed by atoms with E-state index in [9.17, 15) is 0 Å². The number of nitrogens with zero attached hydrogens (tertiary/aromatic N) is 2. The molecule has 1 aliphatic heterocycles. The molecule has 0 saturated heterocycles. The first-order chi connectivity index (χ1) is 8.70. The lowest BCUT2D eigenvalue weighted by Gasteiger charge is -2.15. The molecule has 3 heteroatoms. The van der Waals surface area contributed by atoms with Crippen molar-refractivity contribution in [2.75, 3.05) is 0 Å². The minimum atomic E-state index is 0.888. The summed E-state index contributed by atoms with van der Waals surface area (Å²) in [5.41, 5.74) is 2.20. The Morgan fingerprint density at radius 2 is 2.00 bits per heavy atom. The van der Waals surface area contributed by atoms with E-state index in [-0.39, 0.29) is 0 Å². The van der Waals surface area contributed by atoms with E-state index in [1.807, 2.05) is 29.6 Å². The highest BCUT2D eigenvalue weighted by Crippen LogP contribution is 2.29. The molecule has 0 N–H and O–H groups in total. The van der Waals surface area contributed by atoms with Gasteiger partial charge in [0.15, 0.2) is 0 Å². The molecule has 0 aromatic heterocycles. The molecule has 0 unspecified atom stereocenters. The monoisotopic (exact) mass is 256 g/mol. The molecular weight excluding hydrogens is 240 g/mol. The van der Waals surface area contributed by atoms with Crippen molar-refractivity contribution in [2.45, 2.75) is 18.7 Å². The van der Waals surface area contributed by atoms with E-state index in [4.69, 9.17) is 0 Å².